The van der Waals surface area contributed by atoms with Crippen LogP contribution in [0.2, 0.25) is 0 Å². The van der Waals surface area contributed by atoms with Crippen LogP contribution in [0, 0.1) is 0 Å². The number of hydrogen-bond donors (Lipinski definition) is 0. The number of esters is 3. The summed E-state index contributed by atoms with van der Waals surface area (Å²) in [4.78, 5) is 37.6. The summed E-state index contributed by atoms with van der Waals surface area (Å²) < 4.78 is 22.3. The molecule has 0 unspecified atom stereocenters. The molecular formula is C26H22O7. The first-order chi connectivity index (χ1) is 16.1. The van der Waals surface area contributed by atoms with E-state index in [0.717, 1.165) is 0 Å². The molecule has 1 aliphatic rings. The third kappa shape index (κ3) is 5.64. The summed E-state index contributed by atoms with van der Waals surface area (Å²) in [5.74, 6) is -1.68. The van der Waals surface area contributed by atoms with Crippen LogP contribution in [0.25, 0.3) is 0 Å². The van der Waals surface area contributed by atoms with Crippen molar-refractivity contribution >= 4 is 17.9 Å². The lowest BCUT2D eigenvalue weighted by Crippen LogP contribution is -2.40. The van der Waals surface area contributed by atoms with Crippen molar-refractivity contribution in [2.24, 2.45) is 0 Å². The van der Waals surface area contributed by atoms with Gasteiger partial charge in [0.1, 0.15) is 12.7 Å². The standard InChI is InChI=1S/C26H22O7/c27-24(18-10-4-1-5-11-18)31-16-21-23(33-26(29)20-14-8-3-9-15-20)22(17-30-21)32-25(28)19-12-6-2-7-13-19/h1-15,21-23H,16-17H2/t21-,22-,23-/m1/s1. The maximum Gasteiger partial charge on any atom is 0.338 e. The van der Waals surface area contributed by atoms with E-state index >= 15 is 0 Å². The highest BCUT2D eigenvalue weighted by atomic mass is 16.6. The largest absolute Gasteiger partial charge is 0.459 e. The zero-order chi connectivity index (χ0) is 23.0. The Morgan fingerprint density at radius 2 is 1.12 bits per heavy atom. The van der Waals surface area contributed by atoms with E-state index in [1.807, 2.05) is 0 Å². The van der Waals surface area contributed by atoms with E-state index in [1.54, 1.807) is 91.0 Å². The van der Waals surface area contributed by atoms with Crippen molar-refractivity contribution in [1.82, 2.24) is 0 Å². The van der Waals surface area contributed by atoms with E-state index in [0.29, 0.717) is 16.7 Å². The molecule has 1 aliphatic heterocycles. The molecule has 0 N–H and O–H groups in total. The molecular weight excluding hydrogens is 424 g/mol. The lowest BCUT2D eigenvalue weighted by Gasteiger charge is -2.23. The molecule has 0 aliphatic carbocycles. The molecule has 0 bridgehead atoms. The zero-order valence-electron chi connectivity index (χ0n) is 17.7. The van der Waals surface area contributed by atoms with Crippen LogP contribution in [0.5, 0.6) is 0 Å². The van der Waals surface area contributed by atoms with E-state index in [9.17, 15) is 14.4 Å². The lowest BCUT2D eigenvalue weighted by atomic mass is 10.1. The van der Waals surface area contributed by atoms with E-state index in [1.165, 1.54) is 0 Å². The van der Waals surface area contributed by atoms with E-state index < -0.39 is 36.2 Å². The van der Waals surface area contributed by atoms with Crippen molar-refractivity contribution in [1.29, 1.82) is 0 Å². The summed E-state index contributed by atoms with van der Waals surface area (Å²) in [5, 5.41) is 0. The molecule has 0 amide bonds. The van der Waals surface area contributed by atoms with Crippen molar-refractivity contribution in [3.8, 4) is 0 Å². The number of ether oxygens (including phenoxy) is 4. The Labute approximate surface area is 190 Å². The van der Waals surface area contributed by atoms with E-state index in [2.05, 4.69) is 0 Å². The predicted molar refractivity (Wildman–Crippen MR) is 118 cm³/mol. The van der Waals surface area contributed by atoms with Crippen molar-refractivity contribution < 1.29 is 33.3 Å². The van der Waals surface area contributed by atoms with Crippen LogP contribution in [-0.2, 0) is 18.9 Å². The minimum Gasteiger partial charge on any atom is -0.459 e. The van der Waals surface area contributed by atoms with Crippen LogP contribution in [0.1, 0.15) is 31.1 Å². The SMILES string of the molecule is O=C(OC[C@H]1OC[C@@H](OC(=O)c2ccccc2)[C@@H]1OC(=O)c1ccccc1)c1ccccc1. The van der Waals surface area contributed by atoms with Crippen molar-refractivity contribution in [2.45, 2.75) is 18.3 Å². The smallest absolute Gasteiger partial charge is 0.338 e. The van der Waals surface area contributed by atoms with Gasteiger partial charge in [0.05, 0.1) is 23.3 Å². The monoisotopic (exact) mass is 446 g/mol. The Balaban J connectivity index is 1.46. The Morgan fingerprint density at radius 3 is 1.64 bits per heavy atom. The quantitative estimate of drug-likeness (QED) is 0.404. The average molecular weight is 446 g/mol. The van der Waals surface area contributed by atoms with Crippen molar-refractivity contribution in [3.63, 3.8) is 0 Å². The van der Waals surface area contributed by atoms with E-state index in [4.69, 9.17) is 18.9 Å². The number of hydrogen-bond acceptors (Lipinski definition) is 7. The average Bonchev–Trinajstić information content (AvgIpc) is 3.24. The van der Waals surface area contributed by atoms with Crippen molar-refractivity contribution in [2.75, 3.05) is 13.2 Å². The first kappa shape index (κ1) is 22.2. The van der Waals surface area contributed by atoms with Crippen LogP contribution in [0.4, 0.5) is 0 Å². The highest BCUT2D eigenvalue weighted by Crippen LogP contribution is 2.24. The molecule has 33 heavy (non-hydrogen) atoms. The second-order valence-corrected chi connectivity index (χ2v) is 7.38. The van der Waals surface area contributed by atoms with Crippen LogP contribution < -0.4 is 0 Å². The maximum absolute atomic E-state index is 12.7. The number of benzene rings is 3. The fourth-order valence-corrected chi connectivity index (χ4v) is 3.40. The molecule has 0 radical (unpaired) electrons. The number of rotatable bonds is 7. The summed E-state index contributed by atoms with van der Waals surface area (Å²) >= 11 is 0. The Bertz CT molecular complexity index is 1080. The highest BCUT2D eigenvalue weighted by molar-refractivity contribution is 5.90. The summed E-state index contributed by atoms with van der Waals surface area (Å²) in [6.07, 6.45) is -2.60. The van der Waals surface area contributed by atoms with Crippen LogP contribution in [0.15, 0.2) is 91.0 Å². The van der Waals surface area contributed by atoms with Gasteiger partial charge in [0.25, 0.3) is 0 Å². The van der Waals surface area contributed by atoms with Gasteiger partial charge in [0.2, 0.25) is 0 Å². The minimum absolute atomic E-state index is 0.00113. The number of carbonyl (C=O) groups is 3. The van der Waals surface area contributed by atoms with Gasteiger partial charge in [-0.3, -0.25) is 0 Å². The van der Waals surface area contributed by atoms with Crippen molar-refractivity contribution in [3.05, 3.63) is 108 Å². The van der Waals surface area contributed by atoms with Crippen LogP contribution >= 0.6 is 0 Å². The van der Waals surface area contributed by atoms with Gasteiger partial charge in [-0.25, -0.2) is 14.4 Å². The molecule has 0 aromatic heterocycles. The second kappa shape index (κ2) is 10.6. The minimum atomic E-state index is -0.950. The van der Waals surface area contributed by atoms with Crippen LogP contribution in [-0.4, -0.2) is 49.4 Å². The summed E-state index contributed by atoms with van der Waals surface area (Å²) in [5.41, 5.74) is 1.10. The molecule has 4 rings (SSSR count). The third-order valence-electron chi connectivity index (χ3n) is 5.12. The first-order valence-electron chi connectivity index (χ1n) is 10.5. The van der Waals surface area contributed by atoms with Gasteiger partial charge < -0.3 is 18.9 Å². The molecule has 0 spiro atoms. The first-order valence-corrected chi connectivity index (χ1v) is 10.5. The molecule has 3 aromatic carbocycles. The Hall–Kier alpha value is -3.97. The molecule has 3 aromatic rings. The van der Waals surface area contributed by atoms with Gasteiger partial charge >= 0.3 is 17.9 Å². The molecule has 1 saturated heterocycles. The summed E-state index contributed by atoms with van der Waals surface area (Å²) in [6.45, 7) is -0.168. The lowest BCUT2D eigenvalue weighted by molar-refractivity contribution is -0.0433. The second-order valence-electron chi connectivity index (χ2n) is 7.38. The molecule has 3 atom stereocenters. The van der Waals surface area contributed by atoms with Crippen LogP contribution in [0.3, 0.4) is 0 Å². The molecule has 1 heterocycles. The normalized spacial score (nSPS) is 19.5. The zero-order valence-corrected chi connectivity index (χ0v) is 17.7. The molecule has 7 nitrogen and oxygen atoms in total. The molecule has 7 heteroatoms. The van der Waals surface area contributed by atoms with Gasteiger partial charge in [-0.15, -0.1) is 0 Å². The van der Waals surface area contributed by atoms with Gasteiger partial charge in [-0.1, -0.05) is 54.6 Å². The molecule has 0 saturated carbocycles. The fraction of sp³-hybridized carbons (Fsp3) is 0.192. The topological polar surface area (TPSA) is 88.1 Å². The third-order valence-corrected chi connectivity index (χ3v) is 5.12. The molecule has 1 fully saturated rings. The van der Waals surface area contributed by atoms with E-state index in [-0.39, 0.29) is 13.2 Å². The van der Waals surface area contributed by atoms with Gasteiger partial charge in [0, 0.05) is 0 Å². The van der Waals surface area contributed by atoms with Gasteiger partial charge in [0.15, 0.2) is 12.2 Å². The van der Waals surface area contributed by atoms with Gasteiger partial charge in [-0.2, -0.15) is 0 Å². The Kier molecular flexibility index (Phi) is 7.12. The predicted octanol–water partition coefficient (Wildman–Crippen LogP) is 3.69. The van der Waals surface area contributed by atoms with Gasteiger partial charge in [-0.05, 0) is 36.4 Å². The maximum atomic E-state index is 12.7. The number of carbonyl (C=O) groups excluding carboxylic acids is 3. The summed E-state index contributed by atoms with van der Waals surface area (Å²) in [7, 11) is 0. The Morgan fingerprint density at radius 1 is 0.667 bits per heavy atom. The summed E-state index contributed by atoms with van der Waals surface area (Å²) in [6, 6.07) is 25.5. The highest BCUT2D eigenvalue weighted by Gasteiger charge is 2.44. The fourth-order valence-electron chi connectivity index (χ4n) is 3.40. The molecule has 168 valence electrons.